The largest absolute Gasteiger partial charge is 0.383 e. The molecule has 1 heterocycles. The van der Waals surface area contributed by atoms with Gasteiger partial charge >= 0.3 is 0 Å². The van der Waals surface area contributed by atoms with E-state index in [0.717, 1.165) is 21.4 Å². The van der Waals surface area contributed by atoms with E-state index < -0.39 is 23.0 Å². The number of hydrogen-bond acceptors (Lipinski definition) is 4. The molecule has 0 unspecified atom stereocenters. The zero-order valence-electron chi connectivity index (χ0n) is 10.1. The Bertz CT molecular complexity index is 475. The Morgan fingerprint density at radius 2 is 2.22 bits per heavy atom. The minimum atomic E-state index is -3.70. The Hall–Kier alpha value is -1.06. The summed E-state index contributed by atoms with van der Waals surface area (Å²) in [5.41, 5.74) is 0. The smallest absolute Gasteiger partial charge is 0.257 e. The number of nitrogens with zero attached hydrogens (tertiary/aromatic N) is 3. The molecular weight excluding hydrogens is 268 g/mol. The maximum absolute atomic E-state index is 12.1. The van der Waals surface area contributed by atoms with E-state index in [1.165, 1.54) is 14.2 Å². The van der Waals surface area contributed by atoms with Crippen LogP contribution in [0.15, 0.2) is 17.3 Å². The van der Waals surface area contributed by atoms with E-state index in [9.17, 15) is 17.2 Å². The fourth-order valence-electron chi connectivity index (χ4n) is 1.24. The lowest BCUT2D eigenvalue weighted by atomic mass is 10.7. The van der Waals surface area contributed by atoms with E-state index >= 15 is 0 Å². The first-order chi connectivity index (χ1) is 8.37. The van der Waals surface area contributed by atoms with Crippen molar-refractivity contribution in [3.63, 3.8) is 0 Å². The molecule has 6 nitrogen and oxygen atoms in total. The van der Waals surface area contributed by atoms with Gasteiger partial charge in [0.2, 0.25) is 10.0 Å². The Kier molecular flexibility index (Phi) is 5.17. The van der Waals surface area contributed by atoms with Gasteiger partial charge < -0.3 is 4.74 Å². The van der Waals surface area contributed by atoms with Gasteiger partial charge in [0.15, 0.2) is 0 Å². The summed E-state index contributed by atoms with van der Waals surface area (Å²) in [6, 6.07) is 0. The number of hydrogen-bond donors (Lipinski definition) is 0. The fraction of sp³-hybridized carbons (Fsp3) is 0.667. The van der Waals surface area contributed by atoms with Crippen LogP contribution in [-0.4, -0.2) is 56.2 Å². The van der Waals surface area contributed by atoms with E-state index in [-0.39, 0.29) is 18.0 Å². The van der Waals surface area contributed by atoms with Gasteiger partial charge in [-0.05, 0) is 0 Å². The van der Waals surface area contributed by atoms with Gasteiger partial charge in [0.05, 0.1) is 12.8 Å². The SMILES string of the molecule is COCCN(C)S(=O)(=O)c1cnn(CC(F)F)c1. The molecule has 0 aromatic carbocycles. The minimum absolute atomic E-state index is 0.109. The van der Waals surface area contributed by atoms with E-state index in [4.69, 9.17) is 4.74 Å². The van der Waals surface area contributed by atoms with Crippen LogP contribution in [-0.2, 0) is 21.3 Å². The van der Waals surface area contributed by atoms with Gasteiger partial charge in [-0.2, -0.15) is 9.40 Å². The summed E-state index contributed by atoms with van der Waals surface area (Å²) in [6.45, 7) is -0.197. The number of aromatic nitrogens is 2. The van der Waals surface area contributed by atoms with Crippen LogP contribution in [0.25, 0.3) is 0 Å². The summed E-state index contributed by atoms with van der Waals surface area (Å²) in [4.78, 5) is -0.109. The molecule has 0 aliphatic rings. The molecule has 1 rings (SSSR count). The van der Waals surface area contributed by atoms with Crippen molar-refractivity contribution < 1.29 is 21.9 Å². The van der Waals surface area contributed by atoms with Crippen molar-refractivity contribution in [2.75, 3.05) is 27.3 Å². The summed E-state index contributed by atoms with van der Waals surface area (Å²) < 4.78 is 54.9. The topological polar surface area (TPSA) is 64.4 Å². The lowest BCUT2D eigenvalue weighted by molar-refractivity contribution is 0.121. The number of methoxy groups -OCH3 is 1. The second-order valence-electron chi connectivity index (χ2n) is 3.61. The highest BCUT2D eigenvalue weighted by Crippen LogP contribution is 2.13. The molecule has 0 atom stereocenters. The van der Waals surface area contributed by atoms with Gasteiger partial charge in [0.25, 0.3) is 6.43 Å². The normalized spacial score (nSPS) is 12.6. The maximum atomic E-state index is 12.1. The molecular formula is C9H15F2N3O3S. The average Bonchev–Trinajstić information content (AvgIpc) is 2.73. The Balaban J connectivity index is 2.81. The first-order valence-electron chi connectivity index (χ1n) is 5.14. The first kappa shape index (κ1) is 15.0. The third-order valence-electron chi connectivity index (χ3n) is 2.25. The molecule has 0 aliphatic heterocycles. The van der Waals surface area contributed by atoms with Crippen molar-refractivity contribution in [1.29, 1.82) is 0 Å². The molecule has 0 saturated carbocycles. The summed E-state index contributed by atoms with van der Waals surface area (Å²) in [5, 5.41) is 3.58. The molecule has 0 radical (unpaired) electrons. The number of rotatable bonds is 7. The van der Waals surface area contributed by atoms with Crippen molar-refractivity contribution in [1.82, 2.24) is 14.1 Å². The van der Waals surface area contributed by atoms with E-state index in [0.29, 0.717) is 0 Å². The second-order valence-corrected chi connectivity index (χ2v) is 5.65. The fourth-order valence-corrected chi connectivity index (χ4v) is 2.35. The Morgan fingerprint density at radius 1 is 1.56 bits per heavy atom. The molecule has 1 aromatic rings. The van der Waals surface area contributed by atoms with E-state index in [1.54, 1.807) is 0 Å². The molecule has 0 amide bonds. The highest BCUT2D eigenvalue weighted by molar-refractivity contribution is 7.89. The predicted molar refractivity (Wildman–Crippen MR) is 59.9 cm³/mol. The molecule has 0 N–H and O–H groups in total. The number of halogens is 2. The van der Waals surface area contributed by atoms with E-state index in [1.807, 2.05) is 0 Å². The van der Waals surface area contributed by atoms with Crippen LogP contribution in [0.5, 0.6) is 0 Å². The highest BCUT2D eigenvalue weighted by Gasteiger charge is 2.22. The molecule has 0 aliphatic carbocycles. The van der Waals surface area contributed by atoms with Gasteiger partial charge in [-0.3, -0.25) is 4.68 Å². The lowest BCUT2D eigenvalue weighted by Crippen LogP contribution is -2.29. The van der Waals surface area contributed by atoms with Crippen molar-refractivity contribution in [3.05, 3.63) is 12.4 Å². The molecule has 0 fully saturated rings. The first-order valence-corrected chi connectivity index (χ1v) is 6.58. The van der Waals surface area contributed by atoms with Gasteiger partial charge in [-0.15, -0.1) is 0 Å². The summed E-state index contributed by atoms with van der Waals surface area (Å²) in [7, 11) is -0.854. The Morgan fingerprint density at radius 3 is 2.78 bits per heavy atom. The summed E-state index contributed by atoms with van der Waals surface area (Å²) >= 11 is 0. The predicted octanol–water partition coefficient (Wildman–Crippen LogP) is 0.415. The molecule has 0 spiro atoms. The number of likely N-dealkylation sites (N-methyl/N-ethyl adjacent to an activating group) is 1. The van der Waals surface area contributed by atoms with Crippen LogP contribution in [0.2, 0.25) is 0 Å². The average molecular weight is 283 g/mol. The lowest BCUT2D eigenvalue weighted by Gasteiger charge is -2.14. The van der Waals surface area contributed by atoms with Crippen LogP contribution < -0.4 is 0 Å². The van der Waals surface area contributed by atoms with Crippen molar-refractivity contribution in [3.8, 4) is 0 Å². The maximum Gasteiger partial charge on any atom is 0.257 e. The third-order valence-corrected chi connectivity index (χ3v) is 4.06. The highest BCUT2D eigenvalue weighted by atomic mass is 32.2. The number of alkyl halides is 2. The van der Waals surface area contributed by atoms with Crippen molar-refractivity contribution in [2.24, 2.45) is 0 Å². The molecule has 1 aromatic heterocycles. The second kappa shape index (κ2) is 6.21. The standard InChI is InChI=1S/C9H15F2N3O3S/c1-13(3-4-17-2)18(15,16)8-5-12-14(6-8)7-9(10)11/h5-6,9H,3-4,7H2,1-2H3. The van der Waals surface area contributed by atoms with Crippen LogP contribution in [0.1, 0.15) is 0 Å². The quantitative estimate of drug-likeness (QED) is 0.727. The summed E-state index contributed by atoms with van der Waals surface area (Å²) in [5.74, 6) is 0. The van der Waals surface area contributed by atoms with Crippen LogP contribution in [0.3, 0.4) is 0 Å². The zero-order chi connectivity index (χ0) is 13.8. The number of sulfonamides is 1. The third kappa shape index (κ3) is 3.72. The Labute approximate surface area is 104 Å². The van der Waals surface area contributed by atoms with Crippen LogP contribution >= 0.6 is 0 Å². The van der Waals surface area contributed by atoms with Crippen LogP contribution in [0, 0.1) is 0 Å². The van der Waals surface area contributed by atoms with Gasteiger partial charge in [0.1, 0.15) is 11.4 Å². The monoisotopic (exact) mass is 283 g/mol. The summed E-state index contributed by atoms with van der Waals surface area (Å²) in [6.07, 6.45) is -0.432. The molecule has 18 heavy (non-hydrogen) atoms. The zero-order valence-corrected chi connectivity index (χ0v) is 10.9. The molecule has 0 bridgehead atoms. The van der Waals surface area contributed by atoms with E-state index in [2.05, 4.69) is 5.10 Å². The number of ether oxygens (including phenoxy) is 1. The molecule has 9 heteroatoms. The van der Waals surface area contributed by atoms with Gasteiger partial charge in [-0.1, -0.05) is 0 Å². The minimum Gasteiger partial charge on any atom is -0.383 e. The van der Waals surface area contributed by atoms with Crippen molar-refractivity contribution in [2.45, 2.75) is 17.9 Å². The van der Waals surface area contributed by atoms with Gasteiger partial charge in [-0.25, -0.2) is 17.2 Å². The van der Waals surface area contributed by atoms with Gasteiger partial charge in [0, 0.05) is 26.9 Å². The molecule has 0 saturated heterocycles. The van der Waals surface area contributed by atoms with Crippen LogP contribution in [0.4, 0.5) is 8.78 Å². The van der Waals surface area contributed by atoms with Crippen molar-refractivity contribution >= 4 is 10.0 Å². The molecule has 104 valence electrons.